The summed E-state index contributed by atoms with van der Waals surface area (Å²) in [5.74, 6) is 1.55. The van der Waals surface area contributed by atoms with Gasteiger partial charge in [0.25, 0.3) is 0 Å². The minimum Gasteiger partial charge on any atom is -0.386 e. The lowest BCUT2D eigenvalue weighted by Crippen LogP contribution is -2.10. The highest BCUT2D eigenvalue weighted by Crippen LogP contribution is 2.28. The van der Waals surface area contributed by atoms with E-state index in [0.717, 1.165) is 18.1 Å². The first-order valence-corrected chi connectivity index (χ1v) is 5.01. The standard InChI is InChI=1S/C11H13ClO/c1-8-2-3-9-4-5-11(13-12)7-10(9)6-8/h4-5,7-8H,2-3,6H2,1H3. The second-order valence-corrected chi connectivity index (χ2v) is 4.01. The molecule has 1 aromatic rings. The third-order valence-corrected chi connectivity index (χ3v) is 2.92. The number of halogens is 1. The maximum Gasteiger partial charge on any atom is 0.146 e. The Kier molecular flexibility index (Phi) is 2.45. The zero-order valence-corrected chi connectivity index (χ0v) is 8.47. The van der Waals surface area contributed by atoms with Gasteiger partial charge in [-0.1, -0.05) is 13.0 Å². The lowest BCUT2D eigenvalue weighted by Gasteiger charge is -2.21. The summed E-state index contributed by atoms with van der Waals surface area (Å²) in [4.78, 5) is 0. The highest BCUT2D eigenvalue weighted by Gasteiger charge is 2.15. The van der Waals surface area contributed by atoms with Crippen molar-refractivity contribution in [2.24, 2.45) is 5.92 Å². The van der Waals surface area contributed by atoms with Crippen LogP contribution < -0.4 is 4.29 Å². The summed E-state index contributed by atoms with van der Waals surface area (Å²) < 4.78 is 4.69. The highest BCUT2D eigenvalue weighted by molar-refractivity contribution is 6.09. The van der Waals surface area contributed by atoms with Crippen LogP contribution in [0.1, 0.15) is 24.5 Å². The van der Waals surface area contributed by atoms with E-state index in [0.29, 0.717) is 0 Å². The van der Waals surface area contributed by atoms with Crippen LogP contribution in [0.25, 0.3) is 0 Å². The van der Waals surface area contributed by atoms with Gasteiger partial charge < -0.3 is 4.29 Å². The van der Waals surface area contributed by atoms with E-state index >= 15 is 0 Å². The van der Waals surface area contributed by atoms with Crippen molar-refractivity contribution in [1.29, 1.82) is 0 Å². The molecule has 70 valence electrons. The molecule has 0 bridgehead atoms. The quantitative estimate of drug-likeness (QED) is 0.670. The second-order valence-electron chi connectivity index (χ2n) is 3.86. The zero-order valence-electron chi connectivity index (χ0n) is 7.72. The SMILES string of the molecule is CC1CCc2ccc(OCl)cc2C1. The van der Waals surface area contributed by atoms with Gasteiger partial charge in [0.2, 0.25) is 0 Å². The molecule has 0 saturated heterocycles. The van der Waals surface area contributed by atoms with Crippen molar-refractivity contribution in [2.45, 2.75) is 26.2 Å². The lowest BCUT2D eigenvalue weighted by molar-refractivity contribution is 0.498. The summed E-state index contributed by atoms with van der Waals surface area (Å²) >= 11 is 5.31. The molecular weight excluding hydrogens is 184 g/mol. The van der Waals surface area contributed by atoms with Crippen LogP contribution in [-0.2, 0) is 12.8 Å². The number of aryl methyl sites for hydroxylation is 1. The van der Waals surface area contributed by atoms with Crippen molar-refractivity contribution in [3.05, 3.63) is 29.3 Å². The average molecular weight is 197 g/mol. The number of fused-ring (bicyclic) bond motifs is 1. The van der Waals surface area contributed by atoms with Gasteiger partial charge in [0.15, 0.2) is 0 Å². The van der Waals surface area contributed by atoms with E-state index in [2.05, 4.69) is 23.3 Å². The summed E-state index contributed by atoms with van der Waals surface area (Å²) in [6.45, 7) is 2.29. The maximum atomic E-state index is 5.31. The Balaban J connectivity index is 2.32. The minimum absolute atomic E-state index is 0.759. The molecule has 1 nitrogen and oxygen atoms in total. The summed E-state index contributed by atoms with van der Waals surface area (Å²) in [6.07, 6.45) is 3.65. The van der Waals surface area contributed by atoms with Crippen molar-refractivity contribution in [2.75, 3.05) is 0 Å². The van der Waals surface area contributed by atoms with Gasteiger partial charge in [0.1, 0.15) is 17.6 Å². The van der Waals surface area contributed by atoms with Crippen LogP contribution in [0.5, 0.6) is 5.75 Å². The molecule has 13 heavy (non-hydrogen) atoms. The predicted octanol–water partition coefficient (Wildman–Crippen LogP) is 3.34. The number of hydrogen-bond donors (Lipinski definition) is 0. The van der Waals surface area contributed by atoms with Crippen molar-refractivity contribution < 1.29 is 4.29 Å². The molecule has 0 spiro atoms. The predicted molar refractivity (Wildman–Crippen MR) is 54.1 cm³/mol. The summed E-state index contributed by atoms with van der Waals surface area (Å²) in [7, 11) is 0. The molecule has 1 aliphatic rings. The molecule has 0 aromatic heterocycles. The zero-order chi connectivity index (χ0) is 9.26. The van der Waals surface area contributed by atoms with Crippen LogP contribution in [0.4, 0.5) is 0 Å². The Morgan fingerprint density at radius 1 is 1.38 bits per heavy atom. The van der Waals surface area contributed by atoms with E-state index in [9.17, 15) is 0 Å². The van der Waals surface area contributed by atoms with E-state index in [4.69, 9.17) is 11.9 Å². The molecule has 2 rings (SSSR count). The Morgan fingerprint density at radius 3 is 3.00 bits per heavy atom. The number of hydrogen-bond acceptors (Lipinski definition) is 1. The van der Waals surface area contributed by atoms with E-state index in [1.165, 1.54) is 24.0 Å². The van der Waals surface area contributed by atoms with Gasteiger partial charge in [0, 0.05) is 0 Å². The molecule has 0 amide bonds. The van der Waals surface area contributed by atoms with Crippen LogP contribution in [-0.4, -0.2) is 0 Å². The van der Waals surface area contributed by atoms with Crippen LogP contribution in [0.2, 0.25) is 0 Å². The molecule has 1 aliphatic carbocycles. The lowest BCUT2D eigenvalue weighted by atomic mass is 9.85. The van der Waals surface area contributed by atoms with E-state index in [1.807, 2.05) is 6.07 Å². The fourth-order valence-corrected chi connectivity index (χ4v) is 2.06. The first-order valence-electron chi connectivity index (χ1n) is 4.70. The van der Waals surface area contributed by atoms with Crippen LogP contribution >= 0.6 is 11.9 Å². The summed E-state index contributed by atoms with van der Waals surface area (Å²) in [5, 5.41) is 0. The van der Waals surface area contributed by atoms with Gasteiger partial charge in [-0.05, 0) is 48.4 Å². The van der Waals surface area contributed by atoms with Gasteiger partial charge in [-0.2, -0.15) is 0 Å². The molecule has 0 heterocycles. The second kappa shape index (κ2) is 3.59. The molecular formula is C11H13ClO. The fraction of sp³-hybridized carbons (Fsp3) is 0.455. The molecule has 1 unspecified atom stereocenters. The molecule has 1 atom stereocenters. The third-order valence-electron chi connectivity index (χ3n) is 2.74. The monoisotopic (exact) mass is 196 g/mol. The minimum atomic E-state index is 0.759. The molecule has 2 heteroatoms. The van der Waals surface area contributed by atoms with Gasteiger partial charge in [-0.25, -0.2) is 0 Å². The normalized spacial score (nSPS) is 20.9. The van der Waals surface area contributed by atoms with E-state index < -0.39 is 0 Å². The average Bonchev–Trinajstić information content (AvgIpc) is 2.16. The highest BCUT2D eigenvalue weighted by atomic mass is 35.5. The van der Waals surface area contributed by atoms with Crippen LogP contribution in [0.3, 0.4) is 0 Å². The smallest absolute Gasteiger partial charge is 0.146 e. The first-order chi connectivity index (χ1) is 6.29. The van der Waals surface area contributed by atoms with Crippen molar-refractivity contribution in [3.8, 4) is 5.75 Å². The molecule has 1 aromatic carbocycles. The van der Waals surface area contributed by atoms with E-state index in [1.54, 1.807) is 0 Å². The fourth-order valence-electron chi connectivity index (χ4n) is 1.96. The summed E-state index contributed by atoms with van der Waals surface area (Å²) in [6, 6.07) is 6.11. The van der Waals surface area contributed by atoms with Gasteiger partial charge >= 0.3 is 0 Å². The Bertz CT molecular complexity index is 309. The summed E-state index contributed by atoms with van der Waals surface area (Å²) in [5.41, 5.74) is 2.85. The Morgan fingerprint density at radius 2 is 2.23 bits per heavy atom. The largest absolute Gasteiger partial charge is 0.386 e. The molecule has 0 radical (unpaired) electrons. The molecule has 0 saturated carbocycles. The third kappa shape index (κ3) is 1.80. The van der Waals surface area contributed by atoms with Crippen LogP contribution in [0, 0.1) is 5.92 Å². The van der Waals surface area contributed by atoms with E-state index in [-0.39, 0.29) is 0 Å². The van der Waals surface area contributed by atoms with Crippen molar-refractivity contribution in [3.63, 3.8) is 0 Å². The Labute approximate surface area is 83.8 Å². The number of benzene rings is 1. The Hall–Kier alpha value is -0.690. The van der Waals surface area contributed by atoms with Gasteiger partial charge in [0.05, 0.1) is 0 Å². The maximum absolute atomic E-state index is 5.31. The van der Waals surface area contributed by atoms with Crippen molar-refractivity contribution in [1.82, 2.24) is 0 Å². The number of rotatable bonds is 1. The van der Waals surface area contributed by atoms with Crippen molar-refractivity contribution >= 4 is 11.9 Å². The molecule has 0 aliphatic heterocycles. The topological polar surface area (TPSA) is 9.23 Å². The van der Waals surface area contributed by atoms with Crippen LogP contribution in [0.15, 0.2) is 18.2 Å². The molecule has 0 fully saturated rings. The first kappa shape index (κ1) is 8.89. The van der Waals surface area contributed by atoms with Gasteiger partial charge in [-0.3, -0.25) is 0 Å². The molecule has 0 N–H and O–H groups in total. The van der Waals surface area contributed by atoms with Gasteiger partial charge in [-0.15, -0.1) is 0 Å².